The lowest BCUT2D eigenvalue weighted by Gasteiger charge is -2.29. The highest BCUT2D eigenvalue weighted by molar-refractivity contribution is 6.39. The zero-order chi connectivity index (χ0) is 25.4. The van der Waals surface area contributed by atoms with Gasteiger partial charge in [-0.15, -0.1) is 0 Å². The normalized spacial score (nSPS) is 15.1. The summed E-state index contributed by atoms with van der Waals surface area (Å²) in [7, 11) is 0. The van der Waals surface area contributed by atoms with Crippen molar-refractivity contribution < 1.29 is 19.5 Å². The highest BCUT2D eigenvalue weighted by atomic mass is 35.5. The number of hydrogen-bond donors (Lipinski definition) is 2. The molecule has 1 saturated carbocycles. The van der Waals surface area contributed by atoms with Crippen LogP contribution in [0.5, 0.6) is 0 Å². The summed E-state index contributed by atoms with van der Waals surface area (Å²) in [4.78, 5) is 40.4. The first-order valence-corrected chi connectivity index (χ1v) is 12.1. The third kappa shape index (κ3) is 6.75. The van der Waals surface area contributed by atoms with Gasteiger partial charge in [0.05, 0.1) is 15.6 Å². The number of carboxylic acids is 1. The van der Waals surface area contributed by atoms with E-state index in [4.69, 9.17) is 28.7 Å². The van der Waals surface area contributed by atoms with E-state index in [9.17, 15) is 19.5 Å². The molecule has 35 heavy (non-hydrogen) atoms. The molecule has 2 aromatic rings. The molecule has 8 nitrogen and oxygen atoms in total. The molecule has 0 heterocycles. The second-order valence-corrected chi connectivity index (χ2v) is 9.59. The molecule has 0 aromatic heterocycles. The van der Waals surface area contributed by atoms with Crippen LogP contribution < -0.4 is 5.32 Å². The number of aliphatic carboxylic acids is 1. The first-order valence-electron chi connectivity index (χ1n) is 11.4. The molecular weight excluding hydrogens is 491 g/mol. The maximum absolute atomic E-state index is 13.1. The molecule has 0 saturated heterocycles. The minimum Gasteiger partial charge on any atom is -0.480 e. The molecule has 1 fully saturated rings. The van der Waals surface area contributed by atoms with Gasteiger partial charge in [-0.25, -0.2) is 4.79 Å². The van der Waals surface area contributed by atoms with E-state index in [2.05, 4.69) is 15.3 Å². The quantitative estimate of drug-likeness (QED) is 0.169. The highest BCUT2D eigenvalue weighted by Crippen LogP contribution is 2.41. The second kappa shape index (κ2) is 12.1. The Morgan fingerprint density at radius 1 is 1.06 bits per heavy atom. The molecule has 1 amide bonds. The Kier molecular flexibility index (Phi) is 9.15. The Balaban J connectivity index is 1.66. The number of nitrogens with zero attached hydrogens (tertiary/aromatic N) is 3. The largest absolute Gasteiger partial charge is 0.480 e. The van der Waals surface area contributed by atoms with Crippen molar-refractivity contribution in [2.75, 3.05) is 6.54 Å². The lowest BCUT2D eigenvalue weighted by atomic mass is 9.81. The van der Waals surface area contributed by atoms with E-state index in [1.807, 2.05) is 0 Å². The molecule has 1 aliphatic rings. The minimum absolute atomic E-state index is 0.0938. The molecule has 0 unspecified atom stereocenters. The van der Waals surface area contributed by atoms with Gasteiger partial charge in [0.1, 0.15) is 6.04 Å². The van der Waals surface area contributed by atoms with Crippen LogP contribution in [-0.4, -0.2) is 35.4 Å². The number of benzene rings is 2. The van der Waals surface area contributed by atoms with Crippen LogP contribution in [0.25, 0.3) is 10.4 Å². The molecule has 0 spiro atoms. The molecule has 184 valence electrons. The van der Waals surface area contributed by atoms with Gasteiger partial charge in [-0.1, -0.05) is 71.5 Å². The number of ketones is 1. The second-order valence-electron chi connectivity index (χ2n) is 8.77. The Morgan fingerprint density at radius 2 is 1.66 bits per heavy atom. The fourth-order valence-electron chi connectivity index (χ4n) is 4.53. The maximum Gasteiger partial charge on any atom is 0.326 e. The van der Waals surface area contributed by atoms with Gasteiger partial charge >= 0.3 is 5.97 Å². The fraction of sp³-hybridized carbons (Fsp3) is 0.400. The number of hydrogen-bond acceptors (Lipinski definition) is 4. The minimum atomic E-state index is -1.13. The predicted octanol–water partition coefficient (Wildman–Crippen LogP) is 5.79. The summed E-state index contributed by atoms with van der Waals surface area (Å²) in [6.07, 6.45) is 3.62. The average molecular weight is 517 g/mol. The Labute approximate surface area is 213 Å². The van der Waals surface area contributed by atoms with Crippen LogP contribution in [0.3, 0.4) is 0 Å². The standard InChI is InChI=1S/C25H26Cl2N4O4/c26-18-4-3-5-19(27)22(18)21(32)15-17-8-6-16(7-9-17)14-20(23(33)34)30-24(35)25(10-1-2-11-25)12-13-29-31-28/h3-9,20H,1-2,10-15H2,(H,30,35)(H,33,34)/t20-/m0/s1. The van der Waals surface area contributed by atoms with E-state index in [-0.39, 0.29) is 36.6 Å². The number of carboxylic acid groups (broad SMARTS) is 1. The van der Waals surface area contributed by atoms with E-state index in [1.165, 1.54) is 0 Å². The van der Waals surface area contributed by atoms with E-state index in [1.54, 1.807) is 42.5 Å². The molecule has 0 radical (unpaired) electrons. The molecule has 2 aromatic carbocycles. The summed E-state index contributed by atoms with van der Waals surface area (Å²) in [5.41, 5.74) is 9.55. The van der Waals surface area contributed by atoms with E-state index in [0.717, 1.165) is 18.4 Å². The predicted molar refractivity (Wildman–Crippen MR) is 134 cm³/mol. The van der Waals surface area contributed by atoms with Gasteiger partial charge < -0.3 is 10.4 Å². The lowest BCUT2D eigenvalue weighted by Crippen LogP contribution is -2.49. The zero-order valence-corrected chi connectivity index (χ0v) is 20.6. The number of nitrogens with one attached hydrogen (secondary N) is 1. The molecule has 10 heteroatoms. The number of halogens is 2. The van der Waals surface area contributed by atoms with Crippen molar-refractivity contribution in [2.24, 2.45) is 10.5 Å². The third-order valence-corrected chi connectivity index (χ3v) is 7.10. The van der Waals surface area contributed by atoms with Crippen LogP contribution in [0.1, 0.15) is 53.6 Å². The summed E-state index contributed by atoms with van der Waals surface area (Å²) < 4.78 is 0. The van der Waals surface area contributed by atoms with Gasteiger partial charge in [0.25, 0.3) is 0 Å². The van der Waals surface area contributed by atoms with Crippen LogP contribution in [0.2, 0.25) is 10.0 Å². The van der Waals surface area contributed by atoms with Crippen LogP contribution in [0, 0.1) is 5.41 Å². The smallest absolute Gasteiger partial charge is 0.326 e. The van der Waals surface area contributed by atoms with Gasteiger partial charge in [-0.2, -0.15) is 0 Å². The van der Waals surface area contributed by atoms with Crippen LogP contribution in [-0.2, 0) is 22.4 Å². The number of azide groups is 1. The van der Waals surface area contributed by atoms with Crippen molar-refractivity contribution in [3.8, 4) is 0 Å². The van der Waals surface area contributed by atoms with Crippen LogP contribution >= 0.6 is 23.2 Å². The highest BCUT2D eigenvalue weighted by Gasteiger charge is 2.41. The number of amides is 1. The molecule has 0 aliphatic heterocycles. The molecule has 1 aliphatic carbocycles. The van der Waals surface area contributed by atoms with Crippen LogP contribution in [0.15, 0.2) is 47.6 Å². The molecule has 0 bridgehead atoms. The number of carbonyl (C=O) groups is 3. The van der Waals surface area contributed by atoms with E-state index in [0.29, 0.717) is 34.9 Å². The van der Waals surface area contributed by atoms with Gasteiger partial charge in [-0.3, -0.25) is 9.59 Å². The maximum atomic E-state index is 13.1. The van der Waals surface area contributed by atoms with Gasteiger partial charge in [0.2, 0.25) is 5.91 Å². The number of carbonyl (C=O) groups excluding carboxylic acids is 2. The molecule has 2 N–H and O–H groups in total. The molecular formula is C25H26Cl2N4O4. The summed E-state index contributed by atoms with van der Waals surface area (Å²) in [6.45, 7) is 0.196. The molecule has 3 rings (SSSR count). The van der Waals surface area contributed by atoms with Gasteiger partial charge in [0, 0.05) is 29.7 Å². The topological polar surface area (TPSA) is 132 Å². The van der Waals surface area contributed by atoms with Crippen molar-refractivity contribution in [1.82, 2.24) is 5.32 Å². The Bertz CT molecular complexity index is 1120. The Morgan fingerprint density at radius 3 is 2.23 bits per heavy atom. The van der Waals surface area contributed by atoms with E-state index < -0.39 is 17.4 Å². The van der Waals surface area contributed by atoms with Crippen molar-refractivity contribution in [3.63, 3.8) is 0 Å². The summed E-state index contributed by atoms with van der Waals surface area (Å²) in [6, 6.07) is 10.8. The molecule has 1 atom stereocenters. The number of rotatable bonds is 11. The van der Waals surface area contributed by atoms with E-state index >= 15 is 0 Å². The monoisotopic (exact) mass is 516 g/mol. The van der Waals surface area contributed by atoms with Crippen LogP contribution in [0.4, 0.5) is 0 Å². The SMILES string of the molecule is [N-]=[N+]=NCCC1(C(=O)N[C@@H](Cc2ccc(CC(=O)c3c(Cl)cccc3Cl)cc2)C(=O)O)CCCC1. The first kappa shape index (κ1) is 26.5. The van der Waals surface area contributed by atoms with Crippen molar-refractivity contribution in [3.05, 3.63) is 79.6 Å². The number of Topliss-reactive ketones (excluding diaryl/α,β-unsaturated/α-hetero) is 1. The van der Waals surface area contributed by atoms with Crippen molar-refractivity contribution >= 4 is 40.9 Å². The van der Waals surface area contributed by atoms with Crippen molar-refractivity contribution in [2.45, 2.75) is 51.0 Å². The summed E-state index contributed by atoms with van der Waals surface area (Å²) >= 11 is 12.2. The fourth-order valence-corrected chi connectivity index (χ4v) is 5.14. The average Bonchev–Trinajstić information content (AvgIpc) is 3.30. The van der Waals surface area contributed by atoms with Crippen molar-refractivity contribution in [1.29, 1.82) is 0 Å². The first-order chi connectivity index (χ1) is 16.8. The Hall–Kier alpha value is -3.06. The third-order valence-electron chi connectivity index (χ3n) is 6.47. The van der Waals surface area contributed by atoms with Gasteiger partial charge in [-0.05, 0) is 48.1 Å². The summed E-state index contributed by atoms with van der Waals surface area (Å²) in [5, 5.41) is 16.6. The lowest BCUT2D eigenvalue weighted by molar-refractivity contribution is -0.144. The van der Waals surface area contributed by atoms with Gasteiger partial charge in [0.15, 0.2) is 5.78 Å². The zero-order valence-electron chi connectivity index (χ0n) is 19.0. The summed E-state index contributed by atoms with van der Waals surface area (Å²) in [5.74, 6) is -1.66.